The van der Waals surface area contributed by atoms with Crippen molar-refractivity contribution in [1.29, 1.82) is 0 Å². The molecule has 0 aliphatic heterocycles. The molecule has 0 fully saturated rings. The highest BCUT2D eigenvalue weighted by Crippen LogP contribution is 2.33. The Balaban J connectivity index is 2.28. The van der Waals surface area contributed by atoms with E-state index < -0.39 is 4.92 Å². The summed E-state index contributed by atoms with van der Waals surface area (Å²) in [5.41, 5.74) is 1.83. The second-order valence-electron chi connectivity index (χ2n) is 4.21. The van der Waals surface area contributed by atoms with Crippen LogP contribution in [-0.4, -0.2) is 4.92 Å². The fourth-order valence-corrected chi connectivity index (χ4v) is 2.09. The standard InChI is InChI=1S/C14H11Cl2NO3/c1-9-6-10(8-15)2-4-13(9)20-14-5-3-11(17(18)19)7-12(14)16/h2-7H,8H2,1H3. The minimum absolute atomic E-state index is 0.0726. The van der Waals surface area contributed by atoms with Crippen LogP contribution in [0.5, 0.6) is 11.5 Å². The SMILES string of the molecule is Cc1cc(CCl)ccc1Oc1ccc([N+](=O)[O-])cc1Cl. The number of ether oxygens (including phenoxy) is 1. The number of alkyl halides is 1. The summed E-state index contributed by atoms with van der Waals surface area (Å²) in [4.78, 5) is 10.1. The summed E-state index contributed by atoms with van der Waals surface area (Å²) in [6, 6.07) is 9.67. The lowest BCUT2D eigenvalue weighted by Crippen LogP contribution is -1.92. The third-order valence-electron chi connectivity index (χ3n) is 2.74. The van der Waals surface area contributed by atoms with Crippen LogP contribution in [-0.2, 0) is 5.88 Å². The third-order valence-corrected chi connectivity index (χ3v) is 3.34. The summed E-state index contributed by atoms with van der Waals surface area (Å²) in [5.74, 6) is 1.44. The quantitative estimate of drug-likeness (QED) is 0.449. The molecule has 2 rings (SSSR count). The van der Waals surface area contributed by atoms with Gasteiger partial charge < -0.3 is 4.74 Å². The highest BCUT2D eigenvalue weighted by atomic mass is 35.5. The van der Waals surface area contributed by atoms with Crippen LogP contribution in [0.15, 0.2) is 36.4 Å². The van der Waals surface area contributed by atoms with Crippen molar-refractivity contribution < 1.29 is 9.66 Å². The van der Waals surface area contributed by atoms with Crippen LogP contribution in [0.1, 0.15) is 11.1 Å². The first-order valence-electron chi connectivity index (χ1n) is 5.78. The van der Waals surface area contributed by atoms with Crippen molar-refractivity contribution in [3.8, 4) is 11.5 Å². The molecule has 0 N–H and O–H groups in total. The van der Waals surface area contributed by atoms with Crippen LogP contribution in [0.25, 0.3) is 0 Å². The van der Waals surface area contributed by atoms with Crippen LogP contribution in [0.3, 0.4) is 0 Å². The Morgan fingerprint density at radius 1 is 1.20 bits per heavy atom. The molecule has 20 heavy (non-hydrogen) atoms. The monoisotopic (exact) mass is 311 g/mol. The number of nitrogens with zero attached hydrogens (tertiary/aromatic N) is 1. The van der Waals surface area contributed by atoms with Crippen molar-refractivity contribution in [2.75, 3.05) is 0 Å². The van der Waals surface area contributed by atoms with E-state index in [0.717, 1.165) is 11.1 Å². The zero-order chi connectivity index (χ0) is 14.7. The average Bonchev–Trinajstić information content (AvgIpc) is 2.42. The molecule has 0 heterocycles. The van der Waals surface area contributed by atoms with Gasteiger partial charge in [0, 0.05) is 18.0 Å². The van der Waals surface area contributed by atoms with Crippen molar-refractivity contribution >= 4 is 28.9 Å². The Hall–Kier alpha value is -1.78. The summed E-state index contributed by atoms with van der Waals surface area (Å²) >= 11 is 11.7. The molecule has 0 radical (unpaired) electrons. The summed E-state index contributed by atoms with van der Waals surface area (Å²) in [7, 11) is 0. The number of nitro groups is 1. The van der Waals surface area contributed by atoms with Crippen LogP contribution in [0.4, 0.5) is 5.69 Å². The van der Waals surface area contributed by atoms with Gasteiger partial charge in [0.1, 0.15) is 11.5 Å². The molecule has 0 amide bonds. The average molecular weight is 312 g/mol. The van der Waals surface area contributed by atoms with E-state index in [-0.39, 0.29) is 10.7 Å². The lowest BCUT2D eigenvalue weighted by Gasteiger charge is -2.10. The molecule has 0 bridgehead atoms. The first-order chi connectivity index (χ1) is 9.51. The minimum atomic E-state index is -0.504. The van der Waals surface area contributed by atoms with E-state index >= 15 is 0 Å². The summed E-state index contributed by atoms with van der Waals surface area (Å²) < 4.78 is 5.68. The lowest BCUT2D eigenvalue weighted by molar-refractivity contribution is -0.384. The van der Waals surface area contributed by atoms with Gasteiger partial charge in [-0.25, -0.2) is 0 Å². The van der Waals surface area contributed by atoms with Gasteiger partial charge in [0.2, 0.25) is 0 Å². The Kier molecular flexibility index (Phi) is 4.47. The van der Waals surface area contributed by atoms with Crippen molar-refractivity contribution in [2.45, 2.75) is 12.8 Å². The molecule has 0 atom stereocenters. The second kappa shape index (κ2) is 6.11. The van der Waals surface area contributed by atoms with E-state index in [2.05, 4.69) is 0 Å². The predicted molar refractivity (Wildman–Crippen MR) is 78.9 cm³/mol. The van der Waals surface area contributed by atoms with Crippen LogP contribution < -0.4 is 4.74 Å². The van der Waals surface area contributed by atoms with Gasteiger partial charge in [0.15, 0.2) is 0 Å². The van der Waals surface area contributed by atoms with Gasteiger partial charge in [-0.1, -0.05) is 23.7 Å². The van der Waals surface area contributed by atoms with Crippen LogP contribution in [0.2, 0.25) is 5.02 Å². The number of nitro benzene ring substituents is 1. The van der Waals surface area contributed by atoms with Crippen molar-refractivity contribution in [3.63, 3.8) is 0 Å². The van der Waals surface area contributed by atoms with Gasteiger partial charge in [-0.2, -0.15) is 0 Å². The molecule has 0 saturated heterocycles. The van der Waals surface area contributed by atoms with Crippen LogP contribution >= 0.6 is 23.2 Å². The molecule has 0 spiro atoms. The Labute approximate surface area is 126 Å². The normalized spacial score (nSPS) is 10.3. The molecule has 0 saturated carbocycles. The number of hydrogen-bond donors (Lipinski definition) is 0. The molecule has 4 nitrogen and oxygen atoms in total. The highest BCUT2D eigenvalue weighted by Gasteiger charge is 2.11. The zero-order valence-electron chi connectivity index (χ0n) is 10.6. The van der Waals surface area contributed by atoms with E-state index in [9.17, 15) is 10.1 Å². The topological polar surface area (TPSA) is 52.4 Å². The number of hydrogen-bond acceptors (Lipinski definition) is 3. The van der Waals surface area contributed by atoms with E-state index in [1.165, 1.54) is 18.2 Å². The fraction of sp³-hybridized carbons (Fsp3) is 0.143. The number of halogens is 2. The Morgan fingerprint density at radius 3 is 2.45 bits per heavy atom. The summed E-state index contributed by atoms with van der Waals surface area (Å²) in [6.45, 7) is 1.89. The van der Waals surface area contributed by atoms with Crippen molar-refractivity contribution in [2.24, 2.45) is 0 Å². The van der Waals surface area contributed by atoms with Crippen molar-refractivity contribution in [1.82, 2.24) is 0 Å². The predicted octanol–water partition coefficient (Wildman–Crippen LogP) is 5.09. The molecular weight excluding hydrogens is 301 g/mol. The smallest absolute Gasteiger partial charge is 0.271 e. The molecule has 0 aliphatic rings. The largest absolute Gasteiger partial charge is 0.456 e. The maximum atomic E-state index is 10.6. The molecule has 6 heteroatoms. The number of benzene rings is 2. The van der Waals surface area contributed by atoms with Gasteiger partial charge in [0.25, 0.3) is 5.69 Å². The minimum Gasteiger partial charge on any atom is -0.456 e. The zero-order valence-corrected chi connectivity index (χ0v) is 12.1. The molecule has 0 aliphatic carbocycles. The molecule has 2 aromatic rings. The van der Waals surface area contributed by atoms with E-state index in [1.54, 1.807) is 6.07 Å². The van der Waals surface area contributed by atoms with E-state index in [1.807, 2.05) is 19.1 Å². The maximum Gasteiger partial charge on any atom is 0.271 e. The number of non-ortho nitro benzene ring substituents is 1. The van der Waals surface area contributed by atoms with Gasteiger partial charge in [-0.15, -0.1) is 11.6 Å². The van der Waals surface area contributed by atoms with Crippen molar-refractivity contribution in [3.05, 3.63) is 62.7 Å². The van der Waals surface area contributed by atoms with Crippen LogP contribution in [0, 0.1) is 17.0 Å². The molecule has 0 aromatic heterocycles. The second-order valence-corrected chi connectivity index (χ2v) is 4.88. The van der Waals surface area contributed by atoms with Gasteiger partial charge in [-0.3, -0.25) is 10.1 Å². The third kappa shape index (κ3) is 3.21. The molecule has 2 aromatic carbocycles. The van der Waals surface area contributed by atoms with E-state index in [4.69, 9.17) is 27.9 Å². The highest BCUT2D eigenvalue weighted by molar-refractivity contribution is 6.32. The van der Waals surface area contributed by atoms with Gasteiger partial charge >= 0.3 is 0 Å². The summed E-state index contributed by atoms with van der Waals surface area (Å²) in [6.07, 6.45) is 0. The summed E-state index contributed by atoms with van der Waals surface area (Å²) in [5, 5.41) is 10.8. The number of aryl methyl sites for hydroxylation is 1. The Morgan fingerprint density at radius 2 is 1.90 bits per heavy atom. The molecule has 0 unspecified atom stereocenters. The number of rotatable bonds is 4. The van der Waals surface area contributed by atoms with Gasteiger partial charge in [0.05, 0.1) is 9.95 Å². The molecular formula is C14H11Cl2NO3. The maximum absolute atomic E-state index is 10.6. The lowest BCUT2D eigenvalue weighted by atomic mass is 10.1. The first-order valence-corrected chi connectivity index (χ1v) is 6.70. The van der Waals surface area contributed by atoms with Gasteiger partial charge in [-0.05, 0) is 30.2 Å². The Bertz CT molecular complexity index is 659. The molecule has 104 valence electrons. The first kappa shape index (κ1) is 14.6. The fourth-order valence-electron chi connectivity index (χ4n) is 1.71. The van der Waals surface area contributed by atoms with E-state index in [0.29, 0.717) is 17.4 Å².